The molecule has 0 N–H and O–H groups in total. The zero-order chi connectivity index (χ0) is 43.2. The van der Waals surface area contributed by atoms with Gasteiger partial charge in [-0.15, -0.1) is 0 Å². The number of pyridine rings is 2. The summed E-state index contributed by atoms with van der Waals surface area (Å²) in [6.07, 6.45) is -3.94. The van der Waals surface area contributed by atoms with E-state index >= 15 is 0 Å². The van der Waals surface area contributed by atoms with Gasteiger partial charge in [0, 0.05) is 54.3 Å². The number of rotatable bonds is 5. The van der Waals surface area contributed by atoms with Gasteiger partial charge in [0.1, 0.15) is 34.7 Å². The predicted octanol–water partition coefficient (Wildman–Crippen LogP) is 13.8. The molecular formula is C45H33BrF10N4Pd. The molecule has 8 rings (SSSR count). The number of hydrogen-bond acceptors (Lipinski definition) is 4. The van der Waals surface area contributed by atoms with E-state index in [0.29, 0.717) is 36.2 Å². The van der Waals surface area contributed by atoms with Gasteiger partial charge < -0.3 is 0 Å². The molecule has 0 fully saturated rings. The van der Waals surface area contributed by atoms with E-state index in [1.165, 1.54) is 60.9 Å². The van der Waals surface area contributed by atoms with Crippen molar-refractivity contribution in [1.82, 2.24) is 9.97 Å². The molecule has 320 valence electrons. The Morgan fingerprint density at radius 2 is 0.902 bits per heavy atom. The van der Waals surface area contributed by atoms with Crippen molar-refractivity contribution in [3.8, 4) is 11.1 Å². The molecule has 61 heavy (non-hydrogen) atoms. The van der Waals surface area contributed by atoms with Crippen LogP contribution in [0.15, 0.2) is 136 Å². The Kier molecular flexibility index (Phi) is 15.6. The number of aliphatic imine (C=N–C) groups is 2. The fourth-order valence-corrected chi connectivity index (χ4v) is 6.80. The molecule has 0 saturated heterocycles. The summed E-state index contributed by atoms with van der Waals surface area (Å²) < 4.78 is 130. The van der Waals surface area contributed by atoms with Gasteiger partial charge in [-0.25, -0.2) is 17.6 Å². The molecule has 4 aromatic carbocycles. The minimum atomic E-state index is -4.47. The Balaban J connectivity index is 0.000000190. The second kappa shape index (κ2) is 20.2. The predicted molar refractivity (Wildman–Crippen MR) is 213 cm³/mol. The number of nitrogens with zero attached hydrogens (tertiary/aromatic N) is 4. The first-order valence-corrected chi connectivity index (χ1v) is 19.2. The fourth-order valence-electron chi connectivity index (χ4n) is 6.54. The minimum Gasteiger partial charge on any atom is -0.281 e. The van der Waals surface area contributed by atoms with Crippen LogP contribution in [-0.2, 0) is 32.8 Å². The van der Waals surface area contributed by atoms with Crippen LogP contribution in [0.25, 0.3) is 11.1 Å². The number of hydrogen-bond donors (Lipinski definition) is 0. The van der Waals surface area contributed by atoms with Crippen LogP contribution in [0.5, 0.6) is 0 Å². The van der Waals surface area contributed by atoms with E-state index < -0.39 is 47.0 Å². The molecule has 2 aromatic heterocycles. The summed E-state index contributed by atoms with van der Waals surface area (Å²) in [7, 11) is 0. The van der Waals surface area contributed by atoms with Crippen LogP contribution in [0.3, 0.4) is 0 Å². The minimum absolute atomic E-state index is 0. The van der Waals surface area contributed by atoms with Crippen molar-refractivity contribution in [3.63, 3.8) is 0 Å². The number of alkyl halides is 6. The monoisotopic (exact) mass is 1000 g/mol. The van der Waals surface area contributed by atoms with Crippen LogP contribution in [-0.4, -0.2) is 21.4 Å². The summed E-state index contributed by atoms with van der Waals surface area (Å²) in [4.78, 5) is 15.7. The Morgan fingerprint density at radius 3 is 1.28 bits per heavy atom. The van der Waals surface area contributed by atoms with Gasteiger partial charge in [-0.2, -0.15) is 26.3 Å². The number of halogens is 11. The zero-order valence-electron chi connectivity index (χ0n) is 31.8. The van der Waals surface area contributed by atoms with E-state index in [4.69, 9.17) is 0 Å². The molecular weight excluding hydrogens is 973 g/mol. The van der Waals surface area contributed by atoms with E-state index in [2.05, 4.69) is 35.9 Å². The first-order valence-electron chi connectivity index (χ1n) is 18.4. The van der Waals surface area contributed by atoms with Crippen molar-refractivity contribution in [3.05, 3.63) is 189 Å². The van der Waals surface area contributed by atoms with Crippen LogP contribution in [0.1, 0.15) is 77.0 Å². The SMILES string of the molecule is Cc1ccc(C(F)(F)F)nc1.Fc1cccc(F)c1C1=NC(c2ccc(-c3ccc(C(F)(F)F)nc3)cc2)CC1.Fc1cccc(F)c1C1=NC(c2ccc(Br)cc2)CC1.[Pd]. The maximum absolute atomic E-state index is 14.0. The van der Waals surface area contributed by atoms with Crippen molar-refractivity contribution < 1.29 is 64.3 Å². The molecule has 2 aliphatic heterocycles. The summed E-state index contributed by atoms with van der Waals surface area (Å²) in [5.74, 6) is -2.34. The maximum Gasteiger partial charge on any atom is 0.433 e. The summed E-state index contributed by atoms with van der Waals surface area (Å²) in [5.41, 5.74) is 3.03. The van der Waals surface area contributed by atoms with E-state index in [0.717, 1.165) is 45.3 Å². The molecule has 0 radical (unpaired) electrons. The average Bonchev–Trinajstić information content (AvgIpc) is 3.90. The number of benzene rings is 4. The van der Waals surface area contributed by atoms with Crippen LogP contribution in [0.4, 0.5) is 43.9 Å². The normalized spacial score (nSPS) is 16.0. The van der Waals surface area contributed by atoms with Gasteiger partial charge in [0.2, 0.25) is 0 Å². The molecule has 16 heteroatoms. The molecule has 0 aliphatic carbocycles. The number of aromatic nitrogens is 2. The van der Waals surface area contributed by atoms with Gasteiger partial charge in [0.15, 0.2) is 0 Å². The Morgan fingerprint density at radius 1 is 0.508 bits per heavy atom. The quantitative estimate of drug-likeness (QED) is 0.128. The third kappa shape index (κ3) is 12.1. The largest absolute Gasteiger partial charge is 0.433 e. The molecule has 6 aromatic rings. The smallest absolute Gasteiger partial charge is 0.281 e. The summed E-state index contributed by atoms with van der Waals surface area (Å²) in [5, 5.41) is 0. The standard InChI is InChI=1S/C22H15F5N2.C16H12BrF2N.C7H6F3N.Pd/c23-16-2-1-3-17(24)21(16)19-10-9-18(29-19)14-6-4-13(5-7-14)15-8-11-20(28-12-15)22(25,26)27;17-11-6-4-10(5-7-11)14-8-9-15(20-14)16-12(18)2-1-3-13(16)19;1-5-2-3-6(11-4-5)7(8,9)10;/h1-8,11-12,18H,9-10H2;1-7,14H,8-9H2;2-4H,1H3;. The second-order valence-electron chi connectivity index (χ2n) is 13.8. The van der Waals surface area contributed by atoms with E-state index in [1.807, 2.05) is 36.4 Å². The van der Waals surface area contributed by atoms with Gasteiger partial charge in [0.25, 0.3) is 0 Å². The molecule has 0 saturated carbocycles. The van der Waals surface area contributed by atoms with Crippen molar-refractivity contribution >= 4 is 27.4 Å². The molecule has 2 unspecified atom stereocenters. The third-order valence-electron chi connectivity index (χ3n) is 9.57. The van der Waals surface area contributed by atoms with E-state index in [1.54, 1.807) is 19.1 Å². The number of aryl methyl sites for hydroxylation is 1. The first-order chi connectivity index (χ1) is 28.5. The topological polar surface area (TPSA) is 50.5 Å². The Bertz CT molecular complexity index is 2430. The molecule has 4 nitrogen and oxygen atoms in total. The van der Waals surface area contributed by atoms with Gasteiger partial charge in [0.05, 0.1) is 23.2 Å². The average molecular weight is 1010 g/mol. The van der Waals surface area contributed by atoms with E-state index in [-0.39, 0.29) is 43.6 Å². The molecule has 2 atom stereocenters. The van der Waals surface area contributed by atoms with Crippen molar-refractivity contribution in [2.75, 3.05) is 0 Å². The molecule has 2 aliphatic rings. The van der Waals surface area contributed by atoms with Gasteiger partial charge in [-0.05, 0) is 103 Å². The summed E-state index contributed by atoms with van der Waals surface area (Å²) in [6.45, 7) is 1.69. The van der Waals surface area contributed by atoms with Gasteiger partial charge in [-0.1, -0.05) is 76.6 Å². The molecule has 4 heterocycles. The van der Waals surface area contributed by atoms with Crippen LogP contribution in [0.2, 0.25) is 0 Å². The second-order valence-corrected chi connectivity index (χ2v) is 14.7. The van der Waals surface area contributed by atoms with Crippen LogP contribution >= 0.6 is 15.9 Å². The Hall–Kier alpha value is -5.04. The first kappa shape index (κ1) is 47.0. The zero-order valence-corrected chi connectivity index (χ0v) is 34.9. The fraction of sp³-hybridized carbons (Fsp3) is 0.200. The van der Waals surface area contributed by atoms with Crippen LogP contribution < -0.4 is 0 Å². The third-order valence-corrected chi connectivity index (χ3v) is 10.1. The van der Waals surface area contributed by atoms with Gasteiger partial charge in [-0.3, -0.25) is 20.0 Å². The molecule has 0 bridgehead atoms. The van der Waals surface area contributed by atoms with Crippen molar-refractivity contribution in [1.29, 1.82) is 0 Å². The van der Waals surface area contributed by atoms with Crippen molar-refractivity contribution in [2.45, 2.75) is 57.0 Å². The Labute approximate surface area is 366 Å². The summed E-state index contributed by atoms with van der Waals surface area (Å²) >= 11 is 3.39. The van der Waals surface area contributed by atoms with Crippen LogP contribution in [0, 0.1) is 30.2 Å². The molecule has 0 amide bonds. The van der Waals surface area contributed by atoms with Crippen molar-refractivity contribution in [2.24, 2.45) is 9.98 Å². The maximum atomic E-state index is 14.0. The van der Waals surface area contributed by atoms with Gasteiger partial charge >= 0.3 is 12.4 Å². The summed E-state index contributed by atoms with van der Waals surface area (Å²) in [6, 6.07) is 27.1. The van der Waals surface area contributed by atoms with E-state index in [9.17, 15) is 43.9 Å². The molecule has 0 spiro atoms.